The topological polar surface area (TPSA) is 61.0 Å². The fraction of sp³-hybridized carbons (Fsp3) is 0.400. The summed E-state index contributed by atoms with van der Waals surface area (Å²) in [5, 5.41) is 7.13. The molecule has 0 fully saturated rings. The van der Waals surface area contributed by atoms with E-state index in [1.165, 1.54) is 0 Å². The van der Waals surface area contributed by atoms with Crippen molar-refractivity contribution in [1.82, 2.24) is 0 Å². The standard InChI is InChI=1S/C20H26N2O4/c1-12-8-15(22-13-6-7-17(23-2)18(9-13)24-3)14-10-19(25-4)20(26-5)11-16(14)21-12/h6-7,9-12,15,21-22H,8H2,1-5H3/t12-,15+/m1/s1. The van der Waals surface area contributed by atoms with Crippen LogP contribution in [0.1, 0.15) is 24.9 Å². The Labute approximate surface area is 154 Å². The largest absolute Gasteiger partial charge is 0.493 e. The lowest BCUT2D eigenvalue weighted by Crippen LogP contribution is -2.29. The number of anilines is 2. The molecule has 0 saturated carbocycles. The second kappa shape index (κ2) is 7.64. The van der Waals surface area contributed by atoms with Crippen LogP contribution >= 0.6 is 0 Å². The van der Waals surface area contributed by atoms with Crippen LogP contribution in [0.2, 0.25) is 0 Å². The molecule has 0 spiro atoms. The maximum atomic E-state index is 5.48. The summed E-state index contributed by atoms with van der Waals surface area (Å²) in [7, 11) is 6.58. The third-order valence-corrected chi connectivity index (χ3v) is 4.65. The molecule has 0 radical (unpaired) electrons. The second-order valence-corrected chi connectivity index (χ2v) is 6.34. The van der Waals surface area contributed by atoms with Gasteiger partial charge in [0.05, 0.1) is 34.5 Å². The van der Waals surface area contributed by atoms with Crippen molar-refractivity contribution in [1.29, 1.82) is 0 Å². The summed E-state index contributed by atoms with van der Waals surface area (Å²) in [6.45, 7) is 2.17. The summed E-state index contributed by atoms with van der Waals surface area (Å²) < 4.78 is 21.6. The monoisotopic (exact) mass is 358 g/mol. The molecule has 0 saturated heterocycles. The van der Waals surface area contributed by atoms with Crippen LogP contribution < -0.4 is 29.6 Å². The predicted molar refractivity (Wildman–Crippen MR) is 103 cm³/mol. The van der Waals surface area contributed by atoms with Crippen LogP contribution in [-0.2, 0) is 0 Å². The molecule has 1 aliphatic heterocycles. The van der Waals surface area contributed by atoms with Crippen LogP contribution in [-0.4, -0.2) is 34.5 Å². The third kappa shape index (κ3) is 3.45. The predicted octanol–water partition coefficient (Wildman–Crippen LogP) is 4.08. The summed E-state index contributed by atoms with van der Waals surface area (Å²) in [4.78, 5) is 0. The Morgan fingerprint density at radius 2 is 1.46 bits per heavy atom. The van der Waals surface area contributed by atoms with Crippen molar-refractivity contribution in [3.05, 3.63) is 35.9 Å². The van der Waals surface area contributed by atoms with Crippen LogP contribution in [0.4, 0.5) is 11.4 Å². The molecule has 3 rings (SSSR count). The first-order chi connectivity index (χ1) is 12.6. The lowest BCUT2D eigenvalue weighted by Gasteiger charge is -2.33. The molecule has 6 heteroatoms. The van der Waals surface area contributed by atoms with Crippen LogP contribution in [0.5, 0.6) is 23.0 Å². The van der Waals surface area contributed by atoms with Gasteiger partial charge < -0.3 is 29.6 Å². The van der Waals surface area contributed by atoms with E-state index < -0.39 is 0 Å². The molecule has 6 nitrogen and oxygen atoms in total. The van der Waals surface area contributed by atoms with Gasteiger partial charge >= 0.3 is 0 Å². The summed E-state index contributed by atoms with van der Waals surface area (Å²) in [6.07, 6.45) is 0.941. The molecule has 2 atom stereocenters. The van der Waals surface area contributed by atoms with Crippen molar-refractivity contribution in [2.75, 3.05) is 39.1 Å². The Hall–Kier alpha value is -2.76. The highest BCUT2D eigenvalue weighted by Gasteiger charge is 2.26. The smallest absolute Gasteiger partial charge is 0.162 e. The van der Waals surface area contributed by atoms with Crippen molar-refractivity contribution >= 4 is 11.4 Å². The van der Waals surface area contributed by atoms with E-state index in [0.29, 0.717) is 17.5 Å². The minimum atomic E-state index is 0.138. The summed E-state index contributed by atoms with van der Waals surface area (Å²) >= 11 is 0. The Morgan fingerprint density at radius 1 is 0.846 bits per heavy atom. The molecule has 0 aromatic heterocycles. The molecule has 1 heterocycles. The van der Waals surface area contributed by atoms with Crippen LogP contribution in [0, 0.1) is 0 Å². The molecule has 0 aliphatic carbocycles. The highest BCUT2D eigenvalue weighted by Crippen LogP contribution is 2.42. The van der Waals surface area contributed by atoms with Crippen LogP contribution in [0.25, 0.3) is 0 Å². The molecule has 0 bridgehead atoms. The molecule has 0 unspecified atom stereocenters. The van der Waals surface area contributed by atoms with E-state index in [4.69, 9.17) is 18.9 Å². The number of rotatable bonds is 6. The van der Waals surface area contributed by atoms with E-state index in [0.717, 1.165) is 34.9 Å². The summed E-state index contributed by atoms with van der Waals surface area (Å²) in [5.74, 6) is 2.86. The van der Waals surface area contributed by atoms with Gasteiger partial charge in [0.1, 0.15) is 0 Å². The number of nitrogens with one attached hydrogen (secondary N) is 2. The number of benzene rings is 2. The van der Waals surface area contributed by atoms with E-state index in [2.05, 4.69) is 17.6 Å². The normalized spacial score (nSPS) is 18.3. The molecule has 140 valence electrons. The van der Waals surface area contributed by atoms with E-state index in [1.807, 2.05) is 30.3 Å². The first-order valence-electron chi connectivity index (χ1n) is 8.60. The molecule has 2 aromatic rings. The zero-order valence-electron chi connectivity index (χ0n) is 15.9. The van der Waals surface area contributed by atoms with Crippen LogP contribution in [0.3, 0.4) is 0 Å². The third-order valence-electron chi connectivity index (χ3n) is 4.65. The average molecular weight is 358 g/mol. The number of hydrogen-bond donors (Lipinski definition) is 2. The van der Waals surface area contributed by atoms with Gasteiger partial charge in [0.15, 0.2) is 23.0 Å². The van der Waals surface area contributed by atoms with Crippen molar-refractivity contribution < 1.29 is 18.9 Å². The minimum absolute atomic E-state index is 0.138. The highest BCUT2D eigenvalue weighted by molar-refractivity contribution is 5.65. The zero-order valence-corrected chi connectivity index (χ0v) is 15.9. The zero-order chi connectivity index (χ0) is 18.7. The Kier molecular flexibility index (Phi) is 5.30. The molecule has 0 amide bonds. The Morgan fingerprint density at radius 3 is 2.12 bits per heavy atom. The average Bonchev–Trinajstić information content (AvgIpc) is 2.66. The fourth-order valence-electron chi connectivity index (χ4n) is 3.38. The molecule has 2 aromatic carbocycles. The van der Waals surface area contributed by atoms with Crippen LogP contribution in [0.15, 0.2) is 30.3 Å². The Bertz CT molecular complexity index is 779. The van der Waals surface area contributed by atoms with Crippen molar-refractivity contribution in [3.63, 3.8) is 0 Å². The van der Waals surface area contributed by atoms with Gasteiger partial charge in [-0.05, 0) is 31.5 Å². The van der Waals surface area contributed by atoms with E-state index in [-0.39, 0.29) is 6.04 Å². The quantitative estimate of drug-likeness (QED) is 0.811. The van der Waals surface area contributed by atoms with E-state index >= 15 is 0 Å². The first-order valence-corrected chi connectivity index (χ1v) is 8.60. The lowest BCUT2D eigenvalue weighted by molar-refractivity contribution is 0.354. The molecular weight excluding hydrogens is 332 g/mol. The SMILES string of the molecule is COc1ccc(N[C@H]2C[C@@H](C)Nc3cc(OC)c(OC)cc32)cc1OC. The van der Waals surface area contributed by atoms with E-state index in [1.54, 1.807) is 28.4 Å². The van der Waals surface area contributed by atoms with Crippen molar-refractivity contribution in [2.24, 2.45) is 0 Å². The fourth-order valence-corrected chi connectivity index (χ4v) is 3.38. The maximum absolute atomic E-state index is 5.48. The molecular formula is C20H26N2O4. The van der Waals surface area contributed by atoms with Gasteiger partial charge in [-0.2, -0.15) is 0 Å². The van der Waals surface area contributed by atoms with Crippen molar-refractivity contribution in [2.45, 2.75) is 25.4 Å². The van der Waals surface area contributed by atoms with Gasteiger partial charge in [-0.25, -0.2) is 0 Å². The van der Waals surface area contributed by atoms with E-state index in [9.17, 15) is 0 Å². The first kappa shape index (κ1) is 18.0. The highest BCUT2D eigenvalue weighted by atomic mass is 16.5. The minimum Gasteiger partial charge on any atom is -0.493 e. The van der Waals surface area contributed by atoms with Gasteiger partial charge in [-0.3, -0.25) is 0 Å². The maximum Gasteiger partial charge on any atom is 0.162 e. The number of fused-ring (bicyclic) bond motifs is 1. The number of ether oxygens (including phenoxy) is 4. The van der Waals surface area contributed by atoms with Crippen molar-refractivity contribution in [3.8, 4) is 23.0 Å². The molecule has 26 heavy (non-hydrogen) atoms. The number of methoxy groups -OCH3 is 4. The number of hydrogen-bond acceptors (Lipinski definition) is 6. The van der Waals surface area contributed by atoms with Gasteiger partial charge in [0.25, 0.3) is 0 Å². The van der Waals surface area contributed by atoms with Gasteiger partial charge in [-0.1, -0.05) is 0 Å². The summed E-state index contributed by atoms with van der Waals surface area (Å²) in [5.41, 5.74) is 3.18. The van der Waals surface area contributed by atoms with Gasteiger partial charge in [-0.15, -0.1) is 0 Å². The Balaban J connectivity index is 1.94. The summed E-state index contributed by atoms with van der Waals surface area (Å²) in [6, 6.07) is 10.3. The molecule has 2 N–H and O–H groups in total. The molecule has 1 aliphatic rings. The second-order valence-electron chi connectivity index (χ2n) is 6.34. The lowest BCUT2D eigenvalue weighted by atomic mass is 9.92. The van der Waals surface area contributed by atoms with Gasteiger partial charge in [0, 0.05) is 35.1 Å². The van der Waals surface area contributed by atoms with Gasteiger partial charge in [0.2, 0.25) is 0 Å².